The first-order valence-electron chi connectivity index (χ1n) is 8.62. The molecular weight excluding hydrogens is 370 g/mol. The minimum atomic E-state index is -0.740. The monoisotopic (exact) mass is 387 g/mol. The maximum Gasteiger partial charge on any atom is 0.307 e. The van der Waals surface area contributed by atoms with Gasteiger partial charge in [-0.2, -0.15) is 0 Å². The van der Waals surface area contributed by atoms with Crippen LogP contribution < -0.4 is 0 Å². The van der Waals surface area contributed by atoms with E-state index in [1.54, 1.807) is 22.4 Å². The van der Waals surface area contributed by atoms with Gasteiger partial charge in [-0.15, -0.1) is 11.3 Å². The summed E-state index contributed by atoms with van der Waals surface area (Å²) in [5, 5.41) is 22.3. The number of amides is 1. The number of carbonyl (C=O) groups is 2. The van der Waals surface area contributed by atoms with Crippen LogP contribution in [0.3, 0.4) is 0 Å². The Bertz CT molecular complexity index is 933. The van der Waals surface area contributed by atoms with Gasteiger partial charge >= 0.3 is 5.97 Å². The van der Waals surface area contributed by atoms with Crippen LogP contribution in [0.4, 0.5) is 5.69 Å². The highest BCUT2D eigenvalue weighted by Gasteiger charge is 2.59. The van der Waals surface area contributed by atoms with Crippen molar-refractivity contribution in [2.45, 2.75) is 19.3 Å². The molecule has 1 amide bonds. The third-order valence-corrected chi connectivity index (χ3v) is 6.45. The summed E-state index contributed by atoms with van der Waals surface area (Å²) in [6, 6.07) is 6.17. The van der Waals surface area contributed by atoms with E-state index in [0.717, 1.165) is 0 Å². The van der Waals surface area contributed by atoms with Crippen molar-refractivity contribution >= 4 is 28.9 Å². The summed E-state index contributed by atoms with van der Waals surface area (Å²) < 4.78 is 0. The van der Waals surface area contributed by atoms with Gasteiger partial charge < -0.3 is 10.0 Å². The highest BCUT2D eigenvalue weighted by Crippen LogP contribution is 2.59. The van der Waals surface area contributed by atoms with E-state index in [1.807, 2.05) is 0 Å². The SMILES string of the molecule is O=C(O)C1CC12CCN(C(=O)c1csc(-c3cccc([N+](=O)[O-])c3)n1)CC2. The molecule has 1 aromatic heterocycles. The molecule has 4 rings (SSSR count). The number of nitro benzene ring substituents is 1. The molecule has 1 saturated carbocycles. The van der Waals surface area contributed by atoms with Gasteiger partial charge in [0.25, 0.3) is 11.6 Å². The summed E-state index contributed by atoms with van der Waals surface area (Å²) in [6.45, 7) is 1.07. The molecule has 0 bridgehead atoms. The van der Waals surface area contributed by atoms with Crippen LogP contribution in [0, 0.1) is 21.4 Å². The molecule has 140 valence electrons. The molecule has 8 nitrogen and oxygen atoms in total. The van der Waals surface area contributed by atoms with Crippen molar-refractivity contribution < 1.29 is 19.6 Å². The number of carboxylic acids is 1. The summed E-state index contributed by atoms with van der Waals surface area (Å²) in [5.41, 5.74) is 0.782. The summed E-state index contributed by atoms with van der Waals surface area (Å²) in [4.78, 5) is 40.4. The van der Waals surface area contributed by atoms with E-state index in [9.17, 15) is 19.7 Å². The number of aliphatic carboxylic acids is 1. The molecule has 9 heteroatoms. The zero-order valence-electron chi connectivity index (χ0n) is 14.3. The van der Waals surface area contributed by atoms with Gasteiger partial charge in [-0.05, 0) is 24.7 Å². The Hall–Kier alpha value is -2.81. The summed E-state index contributed by atoms with van der Waals surface area (Å²) in [6.07, 6.45) is 2.12. The Balaban J connectivity index is 1.45. The zero-order chi connectivity index (χ0) is 19.2. The molecule has 1 aliphatic heterocycles. The first-order valence-corrected chi connectivity index (χ1v) is 9.50. The van der Waals surface area contributed by atoms with E-state index in [2.05, 4.69) is 4.98 Å². The molecule has 27 heavy (non-hydrogen) atoms. The Kier molecular flexibility index (Phi) is 4.18. The number of rotatable bonds is 4. The number of hydrogen-bond donors (Lipinski definition) is 1. The van der Waals surface area contributed by atoms with Crippen molar-refractivity contribution in [3.05, 3.63) is 45.5 Å². The standard InChI is InChI=1S/C18H17N3O5S/c22-16(20-6-4-18(5-7-20)9-13(18)17(23)24)14-10-27-15(19-14)11-2-1-3-12(8-11)21(25)26/h1-3,8,10,13H,4-7,9H2,(H,23,24). The zero-order valence-corrected chi connectivity index (χ0v) is 15.1. The van der Waals surface area contributed by atoms with Gasteiger partial charge in [-0.1, -0.05) is 12.1 Å². The van der Waals surface area contributed by atoms with Crippen molar-refractivity contribution in [1.29, 1.82) is 0 Å². The molecule has 1 aliphatic carbocycles. The molecule has 2 aliphatic rings. The van der Waals surface area contributed by atoms with Crippen LogP contribution >= 0.6 is 11.3 Å². The molecule has 2 fully saturated rings. The van der Waals surface area contributed by atoms with Crippen molar-refractivity contribution in [1.82, 2.24) is 9.88 Å². The second-order valence-corrected chi connectivity index (χ2v) is 7.95. The number of carbonyl (C=O) groups excluding carboxylic acids is 1. The average Bonchev–Trinajstić information content (AvgIpc) is 3.14. The molecule has 1 atom stereocenters. The van der Waals surface area contributed by atoms with Crippen LogP contribution in [0.25, 0.3) is 10.6 Å². The molecule has 2 heterocycles. The second kappa shape index (κ2) is 6.41. The number of carboxylic acid groups (broad SMARTS) is 1. The number of thiazole rings is 1. The normalized spacial score (nSPS) is 20.4. The maximum absolute atomic E-state index is 12.7. The number of piperidine rings is 1. The molecule has 0 radical (unpaired) electrons. The molecule has 2 aromatic rings. The van der Waals surface area contributed by atoms with Crippen molar-refractivity contribution in [2.75, 3.05) is 13.1 Å². The topological polar surface area (TPSA) is 114 Å². The lowest BCUT2D eigenvalue weighted by Gasteiger charge is -2.32. The Labute approximate surface area is 158 Å². The van der Waals surface area contributed by atoms with Gasteiger partial charge in [-0.25, -0.2) is 4.98 Å². The summed E-state index contributed by atoms with van der Waals surface area (Å²) >= 11 is 1.27. The smallest absolute Gasteiger partial charge is 0.307 e. The van der Waals surface area contributed by atoms with E-state index in [-0.39, 0.29) is 22.9 Å². The highest BCUT2D eigenvalue weighted by atomic mass is 32.1. The van der Waals surface area contributed by atoms with Crippen LogP contribution in [0.15, 0.2) is 29.6 Å². The lowest BCUT2D eigenvalue weighted by molar-refractivity contribution is -0.384. The first-order chi connectivity index (χ1) is 12.9. The highest BCUT2D eigenvalue weighted by molar-refractivity contribution is 7.13. The first kappa shape index (κ1) is 17.6. The maximum atomic E-state index is 12.7. The third-order valence-electron chi connectivity index (χ3n) is 5.56. The van der Waals surface area contributed by atoms with Gasteiger partial charge in [-0.3, -0.25) is 19.7 Å². The van der Waals surface area contributed by atoms with Crippen LogP contribution in [0.1, 0.15) is 29.8 Å². The molecular formula is C18H17N3O5S. The van der Waals surface area contributed by atoms with Gasteiger partial charge in [0.05, 0.1) is 10.8 Å². The predicted molar refractivity (Wildman–Crippen MR) is 97.5 cm³/mol. The van der Waals surface area contributed by atoms with E-state index in [0.29, 0.717) is 48.6 Å². The third kappa shape index (κ3) is 3.18. The molecule has 1 spiro atoms. The van der Waals surface area contributed by atoms with E-state index >= 15 is 0 Å². The fourth-order valence-electron chi connectivity index (χ4n) is 3.82. The Morgan fingerprint density at radius 3 is 2.70 bits per heavy atom. The largest absolute Gasteiger partial charge is 0.481 e. The number of aromatic nitrogens is 1. The number of likely N-dealkylation sites (tertiary alicyclic amines) is 1. The molecule has 1 aromatic carbocycles. The lowest BCUT2D eigenvalue weighted by Crippen LogP contribution is -2.40. The molecule has 1 unspecified atom stereocenters. The van der Waals surface area contributed by atoms with E-state index in [1.165, 1.54) is 23.5 Å². The average molecular weight is 387 g/mol. The van der Waals surface area contributed by atoms with Crippen LogP contribution in [-0.4, -0.2) is 44.9 Å². The number of hydrogen-bond acceptors (Lipinski definition) is 6. The van der Waals surface area contributed by atoms with Gasteiger partial charge in [0, 0.05) is 36.2 Å². The van der Waals surface area contributed by atoms with Gasteiger partial charge in [0.2, 0.25) is 0 Å². The van der Waals surface area contributed by atoms with Crippen molar-refractivity contribution in [2.24, 2.45) is 11.3 Å². The van der Waals surface area contributed by atoms with Crippen LogP contribution in [0.2, 0.25) is 0 Å². The quantitative estimate of drug-likeness (QED) is 0.637. The van der Waals surface area contributed by atoms with E-state index in [4.69, 9.17) is 5.11 Å². The fourth-order valence-corrected chi connectivity index (χ4v) is 4.61. The lowest BCUT2D eigenvalue weighted by atomic mass is 9.90. The van der Waals surface area contributed by atoms with Crippen molar-refractivity contribution in [3.8, 4) is 10.6 Å². The van der Waals surface area contributed by atoms with E-state index < -0.39 is 10.9 Å². The second-order valence-electron chi connectivity index (χ2n) is 7.09. The molecule has 1 N–H and O–H groups in total. The Morgan fingerprint density at radius 2 is 2.07 bits per heavy atom. The van der Waals surface area contributed by atoms with Gasteiger partial charge in [0.1, 0.15) is 10.7 Å². The number of benzene rings is 1. The van der Waals surface area contributed by atoms with Crippen LogP contribution in [-0.2, 0) is 4.79 Å². The fraction of sp³-hybridized carbons (Fsp3) is 0.389. The number of nitrogens with zero attached hydrogens (tertiary/aromatic N) is 3. The van der Waals surface area contributed by atoms with Crippen molar-refractivity contribution in [3.63, 3.8) is 0 Å². The minimum Gasteiger partial charge on any atom is -0.481 e. The summed E-state index contributed by atoms with van der Waals surface area (Å²) in [7, 11) is 0. The minimum absolute atomic E-state index is 0.0191. The number of non-ortho nitro benzene ring substituents is 1. The van der Waals surface area contributed by atoms with Crippen LogP contribution in [0.5, 0.6) is 0 Å². The Morgan fingerprint density at radius 1 is 1.33 bits per heavy atom. The predicted octanol–water partition coefficient (Wildman–Crippen LogP) is 3.05. The summed E-state index contributed by atoms with van der Waals surface area (Å²) in [5.74, 6) is -1.18. The number of nitro groups is 1. The van der Waals surface area contributed by atoms with Gasteiger partial charge in [0.15, 0.2) is 0 Å². The molecule has 1 saturated heterocycles.